The molecule has 0 radical (unpaired) electrons. The summed E-state index contributed by atoms with van der Waals surface area (Å²) in [5, 5.41) is -3.12. The van der Waals surface area contributed by atoms with E-state index in [2.05, 4.69) is 17.1 Å². The Labute approximate surface area is 558 Å². The number of nitrogens with zero attached hydrogens (tertiary/aromatic N) is 4. The zero-order chi connectivity index (χ0) is 85.2. The summed E-state index contributed by atoms with van der Waals surface area (Å²) in [6.07, 6.45) is 2.49. The molecule has 1 aliphatic rings. The standard InChI is InChI=1S/C78H59N4OSi.Pt/c1-52-44-75(79-50-53(52)2)82-72-39-21-20-36-66(72)67-42-40-58(48-73(67)82)83-57-27-22-26-56(47-57)80-51-81-76-68(37-23-38-71(76)78(3,4)5)69-49-62(84(59-28-12-7-13-29-59,60-30-14-8-15-31-60)61-32-16-9-17-33-61)41-43-65(69)63-34-18-19-35-64(63)70-45-55(46-74(80)77(70)81)54-24-10-6-11-25-54;/h6-46,49-51H,1-5H3;/q-1;/i1D3,2D3,6D,7D,8D,9D,10D,11D,12D,13D,14D,15D,16D,17D,18D,19D,24D,25D,28D,29D,30D,31D,32D,33D,34D,35D,41D,43D,49D;. The van der Waals surface area contributed by atoms with Crippen molar-refractivity contribution in [1.82, 2.24) is 14.1 Å². The van der Waals surface area contributed by atoms with Gasteiger partial charge in [-0.2, -0.15) is 16.7 Å². The number of aromatic nitrogens is 4. The van der Waals surface area contributed by atoms with Gasteiger partial charge >= 0.3 is 0 Å². The first-order valence-electron chi connectivity index (χ1n) is 42.7. The SMILES string of the molecule is [2H]c1c([2H])c([2H])c(-c2cc3c4c(c2)n(-c2[c-]c(Oc5[c-]c6c(cc5)c5ccccc5n6-c5cc(C([2H])([2H])[2H])c(C([2H])([2H])[2H])cn5)ccc2)c[n+]4-c2c(cccc2C(C)(C)C)-c2c([2H])c([Si](c4c([2H])c([2H])c([2H])c([2H])c4[2H])(c4c([2H])c([2H])c([2H])c([2H])c4[2H])c4c([2H])c([2H])c([2H])c([2H])c4[2H])c([2H])c([2H])c2-c2c([2H])c([2H])c([2H])c([2H])c2-3)c([2H])c1[2H].[Pt]. The molecule has 0 amide bonds. The van der Waals surface area contributed by atoms with E-state index in [1.165, 1.54) is 47.3 Å². The van der Waals surface area contributed by atoms with Gasteiger partial charge in [-0.05, 0) is 114 Å². The number of benzene rings is 11. The first-order valence-corrected chi connectivity index (χ1v) is 28.2. The molecule has 11 aromatic carbocycles. The van der Waals surface area contributed by atoms with Crippen LogP contribution in [-0.2, 0) is 26.5 Å². The summed E-state index contributed by atoms with van der Waals surface area (Å²) < 4.78 is 321. The Bertz CT molecular complexity index is 6520. The monoisotopic (exact) mass is 1320 g/mol. The minimum Gasteiger partial charge on any atom is -0.509 e. The molecule has 4 heterocycles. The minimum atomic E-state index is -6.55. The molecule has 0 saturated carbocycles. The molecule has 0 saturated heterocycles. The molecule has 5 nitrogen and oxygen atoms in total. The van der Waals surface area contributed by atoms with Gasteiger partial charge in [0, 0.05) is 74.9 Å². The molecule has 7 heteroatoms. The number of hydrogen-bond donors (Lipinski definition) is 0. The zero-order valence-corrected chi connectivity index (χ0v) is 48.1. The second-order valence-electron chi connectivity index (χ2n) is 20.7. The van der Waals surface area contributed by atoms with E-state index in [0.29, 0.717) is 27.4 Å². The maximum atomic E-state index is 11.4. The molecule has 3 aromatic heterocycles. The van der Waals surface area contributed by atoms with Crippen LogP contribution in [0.3, 0.4) is 0 Å². The van der Waals surface area contributed by atoms with Gasteiger partial charge in [0.1, 0.15) is 11.5 Å². The Hall–Kier alpha value is -9.45. The molecule has 0 bridgehead atoms. The number of para-hydroxylation sites is 2. The number of hydrogen-bond acceptors (Lipinski definition) is 2. The van der Waals surface area contributed by atoms with Crippen LogP contribution in [0.4, 0.5) is 0 Å². The fourth-order valence-corrected chi connectivity index (χ4v) is 14.8. The molecule has 0 fully saturated rings. The Morgan fingerprint density at radius 1 is 0.529 bits per heavy atom. The van der Waals surface area contributed by atoms with Crippen molar-refractivity contribution in [3.05, 3.63) is 295 Å². The van der Waals surface area contributed by atoms with Gasteiger partial charge in [0.2, 0.25) is 0 Å². The van der Waals surface area contributed by atoms with Crippen molar-refractivity contribution in [2.24, 2.45) is 0 Å². The maximum Gasteiger partial charge on any atom is 0.253 e. The molecular weight excluding hydrogens is 1230 g/mol. The van der Waals surface area contributed by atoms with Gasteiger partial charge in [0.25, 0.3) is 6.33 Å². The van der Waals surface area contributed by atoms with E-state index in [1.807, 2.05) is 6.07 Å². The van der Waals surface area contributed by atoms with E-state index >= 15 is 0 Å². The van der Waals surface area contributed by atoms with Crippen molar-refractivity contribution in [3.8, 4) is 73.2 Å². The Morgan fingerprint density at radius 3 is 1.86 bits per heavy atom. The summed E-state index contributed by atoms with van der Waals surface area (Å²) in [4.78, 5) is 4.49. The largest absolute Gasteiger partial charge is 0.509 e. The van der Waals surface area contributed by atoms with E-state index in [4.69, 9.17) is 21.2 Å². The normalized spacial score (nSPS) is 17.8. The van der Waals surface area contributed by atoms with Gasteiger partial charge < -0.3 is 9.30 Å². The van der Waals surface area contributed by atoms with Crippen molar-refractivity contribution in [1.29, 1.82) is 0 Å². The molecule has 1 aliphatic heterocycles. The first kappa shape index (κ1) is 28.4. The fourth-order valence-electron chi connectivity index (χ4n) is 11.2. The first-order chi connectivity index (χ1) is 54.7. The summed E-state index contributed by atoms with van der Waals surface area (Å²) >= 11 is 0. The summed E-state index contributed by atoms with van der Waals surface area (Å²) in [6.45, 7) is -0.387. The van der Waals surface area contributed by atoms with Gasteiger partial charge in [-0.25, -0.2) is 9.55 Å². The third-order valence-electron chi connectivity index (χ3n) is 14.9. The number of ether oxygens (including phenoxy) is 1. The third kappa shape index (κ3) is 8.93. The predicted molar refractivity (Wildman–Crippen MR) is 348 cm³/mol. The van der Waals surface area contributed by atoms with E-state index in [-0.39, 0.29) is 77.5 Å². The quantitative estimate of drug-likeness (QED) is 0.0625. The van der Waals surface area contributed by atoms with E-state index in [9.17, 15) is 28.8 Å². The molecule has 0 atom stereocenters. The molecule has 0 spiro atoms. The number of rotatable bonds is 9. The van der Waals surface area contributed by atoms with Crippen LogP contribution in [0.2, 0.25) is 0 Å². The van der Waals surface area contributed by atoms with Crippen LogP contribution < -0.4 is 30.1 Å². The topological polar surface area (TPSA) is 35.9 Å². The Kier molecular flexibility index (Phi) is 7.13. The Balaban J connectivity index is 0.0000114. The number of fused-ring (bicyclic) bond motifs is 10. The van der Waals surface area contributed by atoms with Crippen molar-refractivity contribution in [2.75, 3.05) is 0 Å². The van der Waals surface area contributed by atoms with Crippen molar-refractivity contribution in [2.45, 2.75) is 39.9 Å². The van der Waals surface area contributed by atoms with Gasteiger partial charge in [0.05, 0.1) is 37.0 Å². The van der Waals surface area contributed by atoms with Crippen LogP contribution in [0, 0.1) is 25.8 Å². The summed E-state index contributed by atoms with van der Waals surface area (Å²) in [6, 6.07) is 1.30. The van der Waals surface area contributed by atoms with Crippen LogP contribution in [0.1, 0.15) is 82.7 Å². The van der Waals surface area contributed by atoms with Crippen molar-refractivity contribution in [3.63, 3.8) is 0 Å². The number of pyridine rings is 1. The van der Waals surface area contributed by atoms with Crippen LogP contribution in [0.25, 0.3) is 94.5 Å². The molecule has 15 rings (SSSR count). The smallest absolute Gasteiger partial charge is 0.253 e. The van der Waals surface area contributed by atoms with E-state index < -0.39 is 250 Å². The summed E-state index contributed by atoms with van der Waals surface area (Å²) in [5.74, 6) is 0.0398. The number of aryl methyl sites for hydroxylation is 2. The van der Waals surface area contributed by atoms with Crippen LogP contribution in [0.5, 0.6) is 11.5 Å². The molecule has 85 heavy (non-hydrogen) atoms. The predicted octanol–water partition coefficient (Wildman–Crippen LogP) is 16.1. The van der Waals surface area contributed by atoms with Crippen LogP contribution >= 0.6 is 0 Å². The second-order valence-corrected chi connectivity index (χ2v) is 24.2. The molecule has 14 aromatic rings. The average molecular weight is 1320 g/mol. The van der Waals surface area contributed by atoms with Gasteiger partial charge in [-0.1, -0.05) is 232 Å². The number of imidazole rings is 1. The van der Waals surface area contributed by atoms with Gasteiger partial charge in [-0.3, -0.25) is 0 Å². The van der Waals surface area contributed by atoms with Crippen molar-refractivity contribution < 1.29 is 75.6 Å². The van der Waals surface area contributed by atoms with Crippen molar-refractivity contribution >= 4 is 61.7 Å². The summed E-state index contributed by atoms with van der Waals surface area (Å²) in [7, 11) is -6.55. The van der Waals surface area contributed by atoms with Gasteiger partial charge in [-0.15, -0.1) is 29.7 Å². The fraction of sp³-hybridized carbons (Fsp3) is 0.0769. The molecule has 0 aliphatic carbocycles. The van der Waals surface area contributed by atoms with E-state index in [1.54, 1.807) is 78.4 Å². The maximum absolute atomic E-state index is 11.4. The van der Waals surface area contributed by atoms with E-state index in [0.717, 1.165) is 6.20 Å². The second kappa shape index (κ2) is 21.3. The summed E-state index contributed by atoms with van der Waals surface area (Å²) in [5.41, 5.74) is -4.39. The van der Waals surface area contributed by atoms with Gasteiger partial charge in [0.15, 0.2) is 19.1 Å². The molecule has 0 unspecified atom stereocenters. The van der Waals surface area contributed by atoms with Crippen LogP contribution in [0.15, 0.2) is 267 Å². The molecule has 0 N–H and O–H groups in total. The Morgan fingerprint density at radius 2 is 1.16 bits per heavy atom. The average Bonchev–Trinajstić information content (AvgIpc) is 0.793. The zero-order valence-electron chi connectivity index (χ0n) is 77.8. The molecular formula is C78H59N4OPtSi-. The molecule has 412 valence electrons. The third-order valence-corrected chi connectivity index (χ3v) is 18.9. The van der Waals surface area contributed by atoms with Crippen LogP contribution in [-0.4, -0.2) is 22.2 Å². The minimum absolute atomic E-state index is 0.